The first kappa shape index (κ1) is 16.7. The highest BCUT2D eigenvalue weighted by Gasteiger charge is 2.04. The lowest BCUT2D eigenvalue weighted by atomic mass is 10.1. The summed E-state index contributed by atoms with van der Waals surface area (Å²) >= 11 is 0. The van der Waals surface area contributed by atoms with E-state index in [1.54, 1.807) is 12.1 Å². The van der Waals surface area contributed by atoms with Gasteiger partial charge in [0, 0.05) is 5.69 Å². The predicted molar refractivity (Wildman–Crippen MR) is 101 cm³/mol. The van der Waals surface area contributed by atoms with E-state index in [9.17, 15) is 9.18 Å². The Balaban J connectivity index is 1.57. The molecule has 0 saturated heterocycles. The maximum Gasteiger partial charge on any atom is 0.228 e. The number of carbonyl (C=O) groups is 1. The van der Waals surface area contributed by atoms with Crippen LogP contribution in [0.3, 0.4) is 0 Å². The van der Waals surface area contributed by atoms with Gasteiger partial charge in [0.15, 0.2) is 0 Å². The monoisotopic (exact) mass is 331 g/mol. The zero-order valence-corrected chi connectivity index (χ0v) is 13.7. The van der Waals surface area contributed by atoms with Crippen molar-refractivity contribution in [2.45, 2.75) is 6.42 Å². The third-order valence-corrected chi connectivity index (χ3v) is 3.74. The van der Waals surface area contributed by atoms with Gasteiger partial charge >= 0.3 is 0 Å². The number of carbonyl (C=O) groups excluding carboxylic acids is 1. The Kier molecular flexibility index (Phi) is 5.37. The van der Waals surface area contributed by atoms with Crippen LogP contribution in [0.15, 0.2) is 78.9 Å². The van der Waals surface area contributed by atoms with Gasteiger partial charge in [0.2, 0.25) is 5.91 Å². The quantitative estimate of drug-likeness (QED) is 0.642. The molecule has 0 saturated carbocycles. The summed E-state index contributed by atoms with van der Waals surface area (Å²) < 4.78 is 12.9. The lowest BCUT2D eigenvalue weighted by Gasteiger charge is -2.05. The van der Waals surface area contributed by atoms with E-state index < -0.39 is 0 Å². The molecular weight excluding hydrogens is 313 g/mol. The molecule has 1 N–H and O–H groups in total. The number of anilines is 1. The minimum Gasteiger partial charge on any atom is -0.326 e. The highest BCUT2D eigenvalue weighted by molar-refractivity contribution is 5.92. The van der Waals surface area contributed by atoms with E-state index in [-0.39, 0.29) is 18.1 Å². The Morgan fingerprint density at radius 3 is 2.04 bits per heavy atom. The molecule has 0 aliphatic rings. The van der Waals surface area contributed by atoms with Crippen molar-refractivity contribution >= 4 is 23.7 Å². The van der Waals surface area contributed by atoms with Crippen LogP contribution in [0, 0.1) is 5.82 Å². The first-order chi connectivity index (χ1) is 12.2. The molecule has 0 aromatic heterocycles. The predicted octanol–water partition coefficient (Wildman–Crippen LogP) is 5.18. The average Bonchev–Trinajstić information content (AvgIpc) is 2.64. The van der Waals surface area contributed by atoms with Gasteiger partial charge in [-0.3, -0.25) is 4.79 Å². The lowest BCUT2D eigenvalue weighted by Crippen LogP contribution is -2.14. The molecule has 124 valence electrons. The molecule has 0 spiro atoms. The molecule has 1 amide bonds. The van der Waals surface area contributed by atoms with E-state index in [1.807, 2.05) is 60.7 Å². The van der Waals surface area contributed by atoms with E-state index >= 15 is 0 Å². The number of rotatable bonds is 5. The third-order valence-electron chi connectivity index (χ3n) is 3.74. The Bertz CT molecular complexity index is 853. The molecule has 25 heavy (non-hydrogen) atoms. The molecular formula is C22H18FNO. The summed E-state index contributed by atoms with van der Waals surface area (Å²) in [6.45, 7) is 0. The second-order valence-corrected chi connectivity index (χ2v) is 5.72. The van der Waals surface area contributed by atoms with E-state index in [2.05, 4.69) is 11.4 Å². The molecule has 3 heteroatoms. The van der Waals surface area contributed by atoms with Crippen LogP contribution >= 0.6 is 0 Å². The van der Waals surface area contributed by atoms with Crippen molar-refractivity contribution in [3.05, 3.63) is 101 Å². The summed E-state index contributed by atoms with van der Waals surface area (Å²) in [6, 6.07) is 23.7. The number of nitrogens with one attached hydrogen (secondary N) is 1. The topological polar surface area (TPSA) is 29.1 Å². The number of hydrogen-bond donors (Lipinski definition) is 1. The molecule has 0 aliphatic heterocycles. The minimum absolute atomic E-state index is 0.126. The molecule has 0 atom stereocenters. The van der Waals surface area contributed by atoms with Crippen LogP contribution in [-0.4, -0.2) is 5.91 Å². The lowest BCUT2D eigenvalue weighted by molar-refractivity contribution is -0.115. The van der Waals surface area contributed by atoms with Gasteiger partial charge in [-0.05, 0) is 41.0 Å². The van der Waals surface area contributed by atoms with Crippen molar-refractivity contribution in [2.24, 2.45) is 0 Å². The van der Waals surface area contributed by atoms with Crippen LogP contribution in [0.2, 0.25) is 0 Å². The maximum absolute atomic E-state index is 12.9. The van der Waals surface area contributed by atoms with Gasteiger partial charge in [-0.2, -0.15) is 0 Å². The van der Waals surface area contributed by atoms with Gasteiger partial charge in [-0.25, -0.2) is 4.39 Å². The van der Waals surface area contributed by atoms with Crippen LogP contribution in [0.4, 0.5) is 10.1 Å². The second-order valence-electron chi connectivity index (χ2n) is 5.72. The van der Waals surface area contributed by atoms with Crippen molar-refractivity contribution in [2.75, 3.05) is 5.32 Å². The van der Waals surface area contributed by atoms with Crippen LogP contribution in [0.25, 0.3) is 12.2 Å². The Hall–Kier alpha value is -3.20. The first-order valence-electron chi connectivity index (χ1n) is 8.06. The molecule has 0 fully saturated rings. The van der Waals surface area contributed by atoms with Crippen molar-refractivity contribution in [1.82, 2.24) is 0 Å². The Labute approximate surface area is 146 Å². The molecule has 2 nitrogen and oxygen atoms in total. The fraction of sp³-hybridized carbons (Fsp3) is 0.0455. The van der Waals surface area contributed by atoms with Gasteiger partial charge in [-0.1, -0.05) is 66.7 Å². The summed E-state index contributed by atoms with van der Waals surface area (Å²) in [7, 11) is 0. The molecule has 0 aliphatic carbocycles. The fourth-order valence-electron chi connectivity index (χ4n) is 2.43. The third kappa shape index (κ3) is 5.15. The summed E-state index contributed by atoms with van der Waals surface area (Å²) in [5.74, 6) is -0.448. The molecule has 0 bridgehead atoms. The van der Waals surface area contributed by atoms with Crippen LogP contribution in [0.5, 0.6) is 0 Å². The summed E-state index contributed by atoms with van der Waals surface area (Å²) in [4.78, 5) is 12.0. The van der Waals surface area contributed by atoms with Crippen LogP contribution in [0.1, 0.15) is 16.7 Å². The van der Waals surface area contributed by atoms with E-state index in [0.717, 1.165) is 16.7 Å². The SMILES string of the molecule is O=C(Cc1ccc(/C=C/c2ccccc2)cc1)Nc1ccc(F)cc1. The van der Waals surface area contributed by atoms with Crippen LogP contribution in [-0.2, 0) is 11.2 Å². The normalized spacial score (nSPS) is 10.8. The van der Waals surface area contributed by atoms with Gasteiger partial charge < -0.3 is 5.32 Å². The Morgan fingerprint density at radius 1 is 0.800 bits per heavy atom. The van der Waals surface area contributed by atoms with Gasteiger partial charge in [0.1, 0.15) is 5.82 Å². The van der Waals surface area contributed by atoms with Crippen molar-refractivity contribution in [3.8, 4) is 0 Å². The standard InChI is InChI=1S/C22H18FNO/c23-20-12-14-21(15-13-20)24-22(25)16-19-10-8-18(9-11-19)7-6-17-4-2-1-3-5-17/h1-15H,16H2,(H,24,25)/b7-6+. The highest BCUT2D eigenvalue weighted by Crippen LogP contribution is 2.12. The smallest absolute Gasteiger partial charge is 0.228 e. The Morgan fingerprint density at radius 2 is 1.40 bits per heavy atom. The summed E-state index contributed by atoms with van der Waals surface area (Å²) in [6.07, 6.45) is 4.37. The van der Waals surface area contributed by atoms with E-state index in [0.29, 0.717) is 5.69 Å². The van der Waals surface area contributed by atoms with E-state index in [1.165, 1.54) is 12.1 Å². The first-order valence-corrected chi connectivity index (χ1v) is 8.06. The molecule has 0 heterocycles. The fourth-order valence-corrected chi connectivity index (χ4v) is 2.43. The number of benzene rings is 3. The summed E-state index contributed by atoms with van der Waals surface area (Å²) in [5, 5.41) is 2.76. The zero-order valence-electron chi connectivity index (χ0n) is 13.7. The molecule has 0 radical (unpaired) electrons. The van der Waals surface area contributed by atoms with E-state index in [4.69, 9.17) is 0 Å². The number of amides is 1. The largest absolute Gasteiger partial charge is 0.326 e. The minimum atomic E-state index is -0.322. The highest BCUT2D eigenvalue weighted by atomic mass is 19.1. The number of halogens is 1. The second kappa shape index (κ2) is 8.06. The molecule has 3 aromatic carbocycles. The zero-order chi connectivity index (χ0) is 17.5. The van der Waals surface area contributed by atoms with Crippen LogP contribution < -0.4 is 5.32 Å². The van der Waals surface area contributed by atoms with Gasteiger partial charge in [-0.15, -0.1) is 0 Å². The average molecular weight is 331 g/mol. The van der Waals surface area contributed by atoms with Gasteiger partial charge in [0.25, 0.3) is 0 Å². The summed E-state index contributed by atoms with van der Waals surface area (Å²) in [5.41, 5.74) is 3.74. The maximum atomic E-state index is 12.9. The van der Waals surface area contributed by atoms with Gasteiger partial charge in [0.05, 0.1) is 6.42 Å². The van der Waals surface area contributed by atoms with Crippen molar-refractivity contribution in [1.29, 1.82) is 0 Å². The molecule has 3 aromatic rings. The molecule has 0 unspecified atom stereocenters. The molecule has 3 rings (SSSR count). The number of hydrogen-bond acceptors (Lipinski definition) is 1. The van der Waals surface area contributed by atoms with Crippen molar-refractivity contribution < 1.29 is 9.18 Å². The van der Waals surface area contributed by atoms with Crippen molar-refractivity contribution in [3.63, 3.8) is 0 Å².